The van der Waals surface area contributed by atoms with Crippen molar-refractivity contribution in [2.75, 3.05) is 30.4 Å². The number of rotatable bonds is 2. The van der Waals surface area contributed by atoms with Crippen LogP contribution in [0, 0.1) is 0 Å². The third-order valence-electron chi connectivity index (χ3n) is 2.79. The molecule has 0 spiro atoms. The van der Waals surface area contributed by atoms with Gasteiger partial charge in [0.15, 0.2) is 5.82 Å². The third-order valence-corrected chi connectivity index (χ3v) is 2.79. The highest BCUT2D eigenvalue weighted by atomic mass is 16.5. The Kier molecular flexibility index (Phi) is 3.06. The van der Waals surface area contributed by atoms with Crippen LogP contribution in [0.2, 0.25) is 0 Å². The Morgan fingerprint density at radius 1 is 1.67 bits per heavy atom. The summed E-state index contributed by atoms with van der Waals surface area (Å²) in [7, 11) is 0. The number of hydrogen-bond acceptors (Lipinski definition) is 4. The molecule has 15 heavy (non-hydrogen) atoms. The lowest BCUT2D eigenvalue weighted by Gasteiger charge is -2.36. The van der Waals surface area contributed by atoms with Crippen LogP contribution in [0.15, 0.2) is 18.3 Å². The molecule has 2 rings (SSSR count). The minimum absolute atomic E-state index is 0.399. The van der Waals surface area contributed by atoms with Gasteiger partial charge in [-0.1, -0.05) is 6.92 Å². The molecule has 0 radical (unpaired) electrons. The van der Waals surface area contributed by atoms with Crippen molar-refractivity contribution in [3.63, 3.8) is 0 Å². The van der Waals surface area contributed by atoms with Gasteiger partial charge in [-0.25, -0.2) is 4.98 Å². The molecule has 1 saturated heterocycles. The zero-order chi connectivity index (χ0) is 10.7. The van der Waals surface area contributed by atoms with Crippen LogP contribution in [0.25, 0.3) is 0 Å². The Hall–Kier alpha value is -1.29. The van der Waals surface area contributed by atoms with Gasteiger partial charge in [0.25, 0.3) is 0 Å². The molecule has 2 N–H and O–H groups in total. The standard InChI is InChI=1S/C11H17N3O/c1-2-9-8-15-7-6-14(9)11-10(12)4-3-5-13-11/h3-5,9H,2,6-8,12H2,1H3. The van der Waals surface area contributed by atoms with Gasteiger partial charge in [0, 0.05) is 12.7 Å². The molecule has 4 heteroatoms. The maximum atomic E-state index is 5.92. The lowest BCUT2D eigenvalue weighted by molar-refractivity contribution is 0.0926. The summed E-state index contributed by atoms with van der Waals surface area (Å²) in [5, 5.41) is 0. The highest BCUT2D eigenvalue weighted by Gasteiger charge is 2.23. The van der Waals surface area contributed by atoms with Crippen LogP contribution in [-0.4, -0.2) is 30.8 Å². The monoisotopic (exact) mass is 207 g/mol. The molecule has 1 aliphatic rings. The summed E-state index contributed by atoms with van der Waals surface area (Å²) in [4.78, 5) is 6.59. The van der Waals surface area contributed by atoms with Crippen LogP contribution >= 0.6 is 0 Å². The van der Waals surface area contributed by atoms with Crippen LogP contribution in [0.4, 0.5) is 11.5 Å². The Morgan fingerprint density at radius 2 is 2.53 bits per heavy atom. The van der Waals surface area contributed by atoms with E-state index in [1.165, 1.54) is 0 Å². The van der Waals surface area contributed by atoms with E-state index >= 15 is 0 Å². The number of morpholine rings is 1. The second-order valence-corrected chi connectivity index (χ2v) is 3.75. The summed E-state index contributed by atoms with van der Waals surface area (Å²) in [6.45, 7) is 4.56. The lowest BCUT2D eigenvalue weighted by atomic mass is 10.1. The first kappa shape index (κ1) is 10.2. The number of pyridine rings is 1. The van der Waals surface area contributed by atoms with Crippen LogP contribution in [0.5, 0.6) is 0 Å². The lowest BCUT2D eigenvalue weighted by Crippen LogP contribution is -2.45. The second kappa shape index (κ2) is 4.49. The number of aromatic nitrogens is 1. The van der Waals surface area contributed by atoms with Gasteiger partial charge in [0.05, 0.1) is 24.9 Å². The Balaban J connectivity index is 2.24. The number of anilines is 2. The quantitative estimate of drug-likeness (QED) is 0.793. The van der Waals surface area contributed by atoms with Crippen molar-refractivity contribution in [1.82, 2.24) is 4.98 Å². The summed E-state index contributed by atoms with van der Waals surface area (Å²) in [6.07, 6.45) is 2.84. The number of nitrogens with zero attached hydrogens (tertiary/aromatic N) is 2. The van der Waals surface area contributed by atoms with E-state index in [9.17, 15) is 0 Å². The van der Waals surface area contributed by atoms with Crippen LogP contribution in [0.3, 0.4) is 0 Å². The fraction of sp³-hybridized carbons (Fsp3) is 0.545. The molecule has 82 valence electrons. The molecule has 0 amide bonds. The average molecular weight is 207 g/mol. The minimum atomic E-state index is 0.399. The molecule has 4 nitrogen and oxygen atoms in total. The zero-order valence-corrected chi connectivity index (χ0v) is 9.02. The van der Waals surface area contributed by atoms with Crippen LogP contribution in [0.1, 0.15) is 13.3 Å². The fourth-order valence-corrected chi connectivity index (χ4v) is 1.92. The first-order valence-corrected chi connectivity index (χ1v) is 5.37. The SMILES string of the molecule is CCC1COCCN1c1ncccc1N. The van der Waals surface area contributed by atoms with Crippen molar-refractivity contribution in [2.45, 2.75) is 19.4 Å². The summed E-state index contributed by atoms with van der Waals surface area (Å²) in [5.41, 5.74) is 6.67. The summed E-state index contributed by atoms with van der Waals surface area (Å²) in [6, 6.07) is 4.15. The van der Waals surface area contributed by atoms with Crippen molar-refractivity contribution in [2.24, 2.45) is 0 Å². The normalized spacial score (nSPS) is 21.7. The molecule has 0 bridgehead atoms. The van der Waals surface area contributed by atoms with Gasteiger partial charge in [-0.05, 0) is 18.6 Å². The highest BCUT2D eigenvalue weighted by Crippen LogP contribution is 2.24. The van der Waals surface area contributed by atoms with Crippen molar-refractivity contribution in [3.8, 4) is 0 Å². The summed E-state index contributed by atoms with van der Waals surface area (Å²) in [5.74, 6) is 0.896. The molecule has 1 unspecified atom stereocenters. The average Bonchev–Trinajstić information content (AvgIpc) is 2.30. The molecule has 2 heterocycles. The molecule has 0 aromatic carbocycles. The van der Waals surface area contributed by atoms with E-state index in [0.717, 1.165) is 37.7 Å². The number of hydrogen-bond donors (Lipinski definition) is 1. The fourth-order valence-electron chi connectivity index (χ4n) is 1.92. The molecule has 0 saturated carbocycles. The van der Waals surface area contributed by atoms with Crippen molar-refractivity contribution >= 4 is 11.5 Å². The van der Waals surface area contributed by atoms with Crippen molar-refractivity contribution < 1.29 is 4.74 Å². The van der Waals surface area contributed by atoms with Gasteiger partial charge < -0.3 is 15.4 Å². The molecule has 1 atom stereocenters. The molecule has 0 aliphatic carbocycles. The van der Waals surface area contributed by atoms with Crippen LogP contribution in [-0.2, 0) is 4.74 Å². The molecular weight excluding hydrogens is 190 g/mol. The number of ether oxygens (including phenoxy) is 1. The van der Waals surface area contributed by atoms with Gasteiger partial charge in [-0.2, -0.15) is 0 Å². The maximum Gasteiger partial charge on any atom is 0.152 e. The van der Waals surface area contributed by atoms with Gasteiger partial charge in [0.2, 0.25) is 0 Å². The Morgan fingerprint density at radius 3 is 3.27 bits per heavy atom. The van der Waals surface area contributed by atoms with E-state index in [-0.39, 0.29) is 0 Å². The second-order valence-electron chi connectivity index (χ2n) is 3.75. The zero-order valence-electron chi connectivity index (χ0n) is 9.02. The van der Waals surface area contributed by atoms with E-state index in [0.29, 0.717) is 6.04 Å². The van der Waals surface area contributed by atoms with Gasteiger partial charge in [-0.3, -0.25) is 0 Å². The van der Waals surface area contributed by atoms with E-state index in [1.54, 1.807) is 6.20 Å². The predicted octanol–water partition coefficient (Wildman–Crippen LogP) is 1.28. The molecule has 1 fully saturated rings. The first-order valence-electron chi connectivity index (χ1n) is 5.37. The molecular formula is C11H17N3O. The van der Waals surface area contributed by atoms with Gasteiger partial charge >= 0.3 is 0 Å². The predicted molar refractivity (Wildman–Crippen MR) is 60.9 cm³/mol. The minimum Gasteiger partial charge on any atom is -0.396 e. The number of nitrogen functional groups attached to an aromatic ring is 1. The molecule has 1 aromatic rings. The molecule has 1 aliphatic heterocycles. The Bertz CT molecular complexity index is 329. The Labute approximate surface area is 90.0 Å². The highest BCUT2D eigenvalue weighted by molar-refractivity contribution is 5.62. The topological polar surface area (TPSA) is 51.4 Å². The molecule has 1 aromatic heterocycles. The largest absolute Gasteiger partial charge is 0.396 e. The first-order chi connectivity index (χ1) is 7.33. The van der Waals surface area contributed by atoms with E-state index in [1.807, 2.05) is 12.1 Å². The van der Waals surface area contributed by atoms with E-state index in [2.05, 4.69) is 16.8 Å². The van der Waals surface area contributed by atoms with Gasteiger partial charge in [-0.15, -0.1) is 0 Å². The van der Waals surface area contributed by atoms with Gasteiger partial charge in [0.1, 0.15) is 0 Å². The number of nitrogens with two attached hydrogens (primary N) is 1. The summed E-state index contributed by atoms with van der Waals surface area (Å²) < 4.78 is 5.45. The summed E-state index contributed by atoms with van der Waals surface area (Å²) >= 11 is 0. The maximum absolute atomic E-state index is 5.92. The smallest absolute Gasteiger partial charge is 0.152 e. The van der Waals surface area contributed by atoms with E-state index < -0.39 is 0 Å². The third kappa shape index (κ3) is 2.04. The van der Waals surface area contributed by atoms with Crippen molar-refractivity contribution in [1.29, 1.82) is 0 Å². The van der Waals surface area contributed by atoms with Crippen LogP contribution < -0.4 is 10.6 Å². The van der Waals surface area contributed by atoms with Crippen molar-refractivity contribution in [3.05, 3.63) is 18.3 Å². The van der Waals surface area contributed by atoms with E-state index in [4.69, 9.17) is 10.5 Å².